The molecule has 10 heteroatoms. The van der Waals surface area contributed by atoms with Crippen molar-refractivity contribution >= 4 is 21.4 Å². The zero-order valence-corrected chi connectivity index (χ0v) is 13.3. The van der Waals surface area contributed by atoms with Gasteiger partial charge < -0.3 is 15.5 Å². The second-order valence-corrected chi connectivity index (χ2v) is 7.20. The number of nitro groups is 1. The van der Waals surface area contributed by atoms with Crippen molar-refractivity contribution in [1.82, 2.24) is 4.72 Å². The van der Waals surface area contributed by atoms with E-state index in [1.165, 1.54) is 13.0 Å². The Kier molecular flexibility index (Phi) is 5.19. The maximum absolute atomic E-state index is 12.3. The molecular weight excluding hydrogens is 326 g/mol. The Morgan fingerprint density at radius 1 is 1.43 bits per heavy atom. The van der Waals surface area contributed by atoms with Crippen LogP contribution in [0.4, 0.5) is 11.4 Å². The second kappa shape index (κ2) is 6.79. The normalized spacial score (nSPS) is 16.1. The number of sulfonamides is 1. The minimum absolute atomic E-state index is 0.0615. The highest BCUT2D eigenvalue weighted by molar-refractivity contribution is 7.89. The first kappa shape index (κ1) is 17.6. The number of aliphatic hydroxyl groups is 2. The number of nitrogens with one attached hydrogen (secondary N) is 2. The summed E-state index contributed by atoms with van der Waals surface area (Å²) < 4.78 is 27.0. The van der Waals surface area contributed by atoms with Crippen LogP contribution < -0.4 is 10.0 Å². The zero-order valence-electron chi connectivity index (χ0n) is 12.5. The van der Waals surface area contributed by atoms with Crippen LogP contribution in [0.3, 0.4) is 0 Å². The van der Waals surface area contributed by atoms with E-state index in [1.807, 2.05) is 0 Å². The van der Waals surface area contributed by atoms with E-state index < -0.39 is 27.7 Å². The molecule has 0 saturated heterocycles. The first-order valence-corrected chi connectivity index (χ1v) is 8.57. The van der Waals surface area contributed by atoms with Crippen molar-refractivity contribution in [3.63, 3.8) is 0 Å². The number of benzene rings is 1. The molecule has 2 rings (SSSR count). The molecular formula is C13H19N3O6S. The fourth-order valence-electron chi connectivity index (χ4n) is 1.98. The minimum atomic E-state index is -3.84. The maximum Gasteiger partial charge on any atom is 0.275 e. The van der Waals surface area contributed by atoms with E-state index in [0.717, 1.165) is 18.9 Å². The quantitative estimate of drug-likeness (QED) is 0.387. The molecule has 0 amide bonds. The molecule has 128 valence electrons. The first-order valence-electron chi connectivity index (χ1n) is 7.08. The summed E-state index contributed by atoms with van der Waals surface area (Å²) in [5.74, 6) is 0. The summed E-state index contributed by atoms with van der Waals surface area (Å²) in [6, 6.07) is 2.19. The fourth-order valence-corrected chi connectivity index (χ4v) is 3.33. The molecule has 9 nitrogen and oxygen atoms in total. The smallest absolute Gasteiger partial charge is 0.275 e. The van der Waals surface area contributed by atoms with Crippen LogP contribution in [0.15, 0.2) is 17.0 Å². The predicted octanol–water partition coefficient (Wildman–Crippen LogP) is 0.109. The molecule has 23 heavy (non-hydrogen) atoms. The highest BCUT2D eigenvalue weighted by atomic mass is 32.2. The van der Waals surface area contributed by atoms with Crippen molar-refractivity contribution < 1.29 is 23.6 Å². The molecule has 1 aliphatic carbocycles. The van der Waals surface area contributed by atoms with Crippen LogP contribution in [0.25, 0.3) is 0 Å². The van der Waals surface area contributed by atoms with Gasteiger partial charge in [0.25, 0.3) is 5.69 Å². The Morgan fingerprint density at radius 2 is 2.09 bits per heavy atom. The Morgan fingerprint density at radius 3 is 2.61 bits per heavy atom. The van der Waals surface area contributed by atoms with Crippen molar-refractivity contribution in [2.45, 2.75) is 36.8 Å². The number of nitrogens with zero attached hydrogens (tertiary/aromatic N) is 1. The van der Waals surface area contributed by atoms with Crippen LogP contribution in [-0.4, -0.2) is 48.9 Å². The molecule has 0 bridgehead atoms. The Bertz CT molecular complexity index is 702. The van der Waals surface area contributed by atoms with Crippen LogP contribution >= 0.6 is 0 Å². The summed E-state index contributed by atoms with van der Waals surface area (Å²) in [5, 5.41) is 32.1. The van der Waals surface area contributed by atoms with Gasteiger partial charge in [-0.15, -0.1) is 0 Å². The Balaban J connectivity index is 2.38. The molecule has 0 aromatic heterocycles. The largest absolute Gasteiger partial charge is 0.394 e. The van der Waals surface area contributed by atoms with E-state index in [4.69, 9.17) is 5.11 Å². The van der Waals surface area contributed by atoms with Gasteiger partial charge in [0.1, 0.15) is 0 Å². The zero-order chi connectivity index (χ0) is 17.2. The molecule has 0 radical (unpaired) electrons. The molecule has 1 aromatic carbocycles. The van der Waals surface area contributed by atoms with Crippen molar-refractivity contribution in [3.8, 4) is 0 Å². The van der Waals surface area contributed by atoms with Gasteiger partial charge in [-0.2, -0.15) is 0 Å². The molecule has 0 heterocycles. The number of aliphatic hydroxyl groups excluding tert-OH is 2. The molecule has 0 aliphatic heterocycles. The van der Waals surface area contributed by atoms with Gasteiger partial charge in [-0.1, -0.05) is 0 Å². The number of anilines is 1. The third kappa shape index (κ3) is 4.38. The van der Waals surface area contributed by atoms with Crippen molar-refractivity contribution in [1.29, 1.82) is 0 Å². The third-order valence-corrected chi connectivity index (χ3v) is 5.00. The van der Waals surface area contributed by atoms with E-state index in [-0.39, 0.29) is 34.4 Å². The predicted molar refractivity (Wildman–Crippen MR) is 82.8 cm³/mol. The molecule has 1 aromatic rings. The van der Waals surface area contributed by atoms with E-state index in [2.05, 4.69) is 10.0 Å². The van der Waals surface area contributed by atoms with Crippen LogP contribution in [0.2, 0.25) is 0 Å². The number of hydrogen-bond acceptors (Lipinski definition) is 7. The second-order valence-electron chi connectivity index (χ2n) is 5.48. The van der Waals surface area contributed by atoms with Crippen molar-refractivity contribution in [3.05, 3.63) is 27.8 Å². The minimum Gasteiger partial charge on any atom is -0.394 e. The summed E-state index contributed by atoms with van der Waals surface area (Å²) in [5.41, 5.74) is 0.151. The average molecular weight is 345 g/mol. The van der Waals surface area contributed by atoms with Gasteiger partial charge in [0, 0.05) is 29.9 Å². The standard InChI is InChI=1S/C13H19N3O6S/c1-8-12(14-6-10(18)7-17)4-11(5-13(8)16(19)20)23(21,22)15-9-2-3-9/h4-5,9-10,14-15,17-18H,2-3,6-7H2,1H3. The van der Waals surface area contributed by atoms with Crippen LogP contribution in [0, 0.1) is 17.0 Å². The van der Waals surface area contributed by atoms with Gasteiger partial charge in [-0.05, 0) is 25.8 Å². The lowest BCUT2D eigenvalue weighted by Crippen LogP contribution is -2.26. The summed E-state index contributed by atoms with van der Waals surface area (Å²) in [6.07, 6.45) is 0.445. The van der Waals surface area contributed by atoms with Gasteiger partial charge in [-0.3, -0.25) is 10.1 Å². The Labute approximate surface area is 133 Å². The maximum atomic E-state index is 12.3. The van der Waals surface area contributed by atoms with Gasteiger partial charge in [0.2, 0.25) is 10.0 Å². The molecule has 1 unspecified atom stereocenters. The van der Waals surface area contributed by atoms with Gasteiger partial charge >= 0.3 is 0 Å². The lowest BCUT2D eigenvalue weighted by atomic mass is 10.1. The average Bonchev–Trinajstić information content (AvgIpc) is 3.28. The molecule has 4 N–H and O–H groups in total. The van der Waals surface area contributed by atoms with Gasteiger partial charge in [-0.25, -0.2) is 13.1 Å². The lowest BCUT2D eigenvalue weighted by molar-refractivity contribution is -0.385. The topological polar surface area (TPSA) is 142 Å². The number of rotatable bonds is 8. The van der Waals surface area contributed by atoms with E-state index >= 15 is 0 Å². The van der Waals surface area contributed by atoms with Crippen LogP contribution in [0.1, 0.15) is 18.4 Å². The summed E-state index contributed by atoms with van der Waals surface area (Å²) in [7, 11) is -3.84. The molecule has 0 spiro atoms. The first-order chi connectivity index (χ1) is 10.7. The monoisotopic (exact) mass is 345 g/mol. The van der Waals surface area contributed by atoms with Crippen molar-refractivity contribution in [2.75, 3.05) is 18.5 Å². The fraction of sp³-hybridized carbons (Fsp3) is 0.538. The lowest BCUT2D eigenvalue weighted by Gasteiger charge is -2.14. The van der Waals surface area contributed by atoms with E-state index in [9.17, 15) is 23.6 Å². The molecule has 1 saturated carbocycles. The van der Waals surface area contributed by atoms with Gasteiger partial charge in [0.05, 0.1) is 22.5 Å². The Hall–Kier alpha value is -1.75. The van der Waals surface area contributed by atoms with Crippen molar-refractivity contribution in [2.24, 2.45) is 0 Å². The van der Waals surface area contributed by atoms with Crippen LogP contribution in [-0.2, 0) is 10.0 Å². The summed E-state index contributed by atoms with van der Waals surface area (Å²) in [6.45, 7) is 0.944. The summed E-state index contributed by atoms with van der Waals surface area (Å²) in [4.78, 5) is 10.3. The summed E-state index contributed by atoms with van der Waals surface area (Å²) >= 11 is 0. The number of hydrogen-bond donors (Lipinski definition) is 4. The molecule has 1 fully saturated rings. The molecule has 1 aliphatic rings. The van der Waals surface area contributed by atoms with E-state index in [0.29, 0.717) is 0 Å². The third-order valence-electron chi connectivity index (χ3n) is 3.50. The molecule has 1 atom stereocenters. The number of nitro benzene ring substituents is 1. The van der Waals surface area contributed by atoms with Crippen LogP contribution in [0.5, 0.6) is 0 Å². The SMILES string of the molecule is Cc1c(NCC(O)CO)cc(S(=O)(=O)NC2CC2)cc1[N+](=O)[O-]. The highest BCUT2D eigenvalue weighted by Gasteiger charge is 2.30. The van der Waals surface area contributed by atoms with Gasteiger partial charge in [0.15, 0.2) is 0 Å². The van der Waals surface area contributed by atoms with E-state index in [1.54, 1.807) is 0 Å². The highest BCUT2D eigenvalue weighted by Crippen LogP contribution is 2.31.